The number of anilines is 1. The van der Waals surface area contributed by atoms with Crippen molar-refractivity contribution in [2.24, 2.45) is 0 Å². The Morgan fingerprint density at radius 1 is 1.03 bits per heavy atom. The maximum atomic E-state index is 13.2. The largest absolute Gasteiger partial charge is 0.325 e. The highest BCUT2D eigenvalue weighted by Crippen LogP contribution is 2.26. The Bertz CT molecular complexity index is 1020. The molecule has 1 amide bonds. The number of aryl methyl sites for hydroxylation is 3. The van der Waals surface area contributed by atoms with E-state index in [4.69, 9.17) is 11.6 Å². The van der Waals surface area contributed by atoms with E-state index in [0.717, 1.165) is 16.7 Å². The third kappa shape index (κ3) is 4.86. The maximum Gasteiger partial charge on any atom is 0.243 e. The predicted octanol–water partition coefficient (Wildman–Crippen LogP) is 3.60. The van der Waals surface area contributed by atoms with Crippen LogP contribution >= 0.6 is 11.6 Å². The number of hydrogen-bond acceptors (Lipinski definition) is 4. The lowest BCUT2D eigenvalue weighted by Crippen LogP contribution is -2.54. The zero-order chi connectivity index (χ0) is 22.1. The van der Waals surface area contributed by atoms with Crippen molar-refractivity contribution in [2.75, 3.05) is 31.5 Å². The standard InChI is InChI=1S/C22H28ClN3O3S/c1-15-12-16(2)21(17(3)13-15)30(28,29)26-10-8-25(9-11-26)18(4)22(27)24-20-7-5-6-19(23)14-20/h5-7,12-14,18H,8-11H2,1-4H3,(H,24,27)/t18-/m1/s1. The number of halogens is 1. The molecular weight excluding hydrogens is 422 g/mol. The van der Waals surface area contributed by atoms with Crippen LogP contribution in [0.3, 0.4) is 0 Å². The molecule has 1 aliphatic heterocycles. The molecule has 1 N–H and O–H groups in total. The summed E-state index contributed by atoms with van der Waals surface area (Å²) >= 11 is 5.97. The number of hydrogen-bond donors (Lipinski definition) is 1. The molecular formula is C22H28ClN3O3S. The number of nitrogens with zero attached hydrogens (tertiary/aromatic N) is 2. The highest BCUT2D eigenvalue weighted by molar-refractivity contribution is 7.89. The summed E-state index contributed by atoms with van der Waals surface area (Å²) < 4.78 is 28.0. The second kappa shape index (κ2) is 9.06. The molecule has 0 unspecified atom stereocenters. The Morgan fingerprint density at radius 3 is 2.20 bits per heavy atom. The third-order valence-corrected chi connectivity index (χ3v) is 7.94. The van der Waals surface area contributed by atoms with E-state index < -0.39 is 10.0 Å². The average molecular weight is 450 g/mol. The lowest BCUT2D eigenvalue weighted by molar-refractivity contribution is -0.121. The van der Waals surface area contributed by atoms with E-state index in [1.165, 1.54) is 4.31 Å². The Kier molecular flexibility index (Phi) is 6.87. The highest BCUT2D eigenvalue weighted by atomic mass is 35.5. The molecule has 0 radical (unpaired) electrons. The van der Waals surface area contributed by atoms with Crippen molar-refractivity contribution in [3.05, 3.63) is 58.1 Å². The van der Waals surface area contributed by atoms with Gasteiger partial charge in [0.1, 0.15) is 0 Å². The molecule has 1 fully saturated rings. The van der Waals surface area contributed by atoms with Crippen molar-refractivity contribution in [3.63, 3.8) is 0 Å². The SMILES string of the molecule is Cc1cc(C)c(S(=O)(=O)N2CCN([C@H](C)C(=O)Nc3cccc(Cl)c3)CC2)c(C)c1. The van der Waals surface area contributed by atoms with E-state index in [1.807, 2.05) is 44.7 Å². The van der Waals surface area contributed by atoms with Crippen LogP contribution in [0.2, 0.25) is 5.02 Å². The van der Waals surface area contributed by atoms with Crippen LogP contribution in [0.15, 0.2) is 41.3 Å². The van der Waals surface area contributed by atoms with E-state index in [2.05, 4.69) is 5.32 Å². The summed E-state index contributed by atoms with van der Waals surface area (Å²) in [4.78, 5) is 15.0. The van der Waals surface area contributed by atoms with Crippen molar-refractivity contribution < 1.29 is 13.2 Å². The van der Waals surface area contributed by atoms with E-state index in [1.54, 1.807) is 24.3 Å². The van der Waals surface area contributed by atoms with Gasteiger partial charge in [-0.2, -0.15) is 4.31 Å². The first-order valence-electron chi connectivity index (χ1n) is 9.98. The summed E-state index contributed by atoms with van der Waals surface area (Å²) in [5.41, 5.74) is 3.23. The Balaban J connectivity index is 1.66. The molecule has 1 saturated heterocycles. The van der Waals surface area contributed by atoms with Crippen LogP contribution in [0.4, 0.5) is 5.69 Å². The molecule has 0 aliphatic carbocycles. The third-order valence-electron chi connectivity index (χ3n) is 5.50. The molecule has 30 heavy (non-hydrogen) atoms. The quantitative estimate of drug-likeness (QED) is 0.757. The first-order valence-corrected chi connectivity index (χ1v) is 11.8. The molecule has 1 atom stereocenters. The lowest BCUT2D eigenvalue weighted by atomic mass is 10.1. The first kappa shape index (κ1) is 22.7. The minimum atomic E-state index is -3.57. The van der Waals surface area contributed by atoms with Gasteiger partial charge in [-0.25, -0.2) is 8.42 Å². The fourth-order valence-corrected chi connectivity index (χ4v) is 6.04. The topological polar surface area (TPSA) is 69.7 Å². The van der Waals surface area contributed by atoms with Gasteiger partial charge in [0.15, 0.2) is 0 Å². The zero-order valence-electron chi connectivity index (χ0n) is 17.8. The molecule has 8 heteroatoms. The zero-order valence-corrected chi connectivity index (χ0v) is 19.3. The van der Waals surface area contributed by atoms with Gasteiger partial charge in [0.2, 0.25) is 15.9 Å². The van der Waals surface area contributed by atoms with E-state index in [9.17, 15) is 13.2 Å². The van der Waals surface area contributed by atoms with Crippen LogP contribution in [0.25, 0.3) is 0 Å². The number of nitrogens with one attached hydrogen (secondary N) is 1. The van der Waals surface area contributed by atoms with Gasteiger partial charge in [0, 0.05) is 36.9 Å². The summed E-state index contributed by atoms with van der Waals surface area (Å²) in [6.45, 7) is 9.16. The molecule has 0 saturated carbocycles. The molecule has 1 aliphatic rings. The molecule has 0 spiro atoms. The van der Waals surface area contributed by atoms with Gasteiger partial charge in [-0.15, -0.1) is 0 Å². The number of amides is 1. The van der Waals surface area contributed by atoms with Crippen molar-refractivity contribution in [1.29, 1.82) is 0 Å². The number of carbonyl (C=O) groups excluding carboxylic acids is 1. The van der Waals surface area contributed by atoms with E-state index in [0.29, 0.717) is 41.8 Å². The first-order chi connectivity index (χ1) is 14.1. The minimum absolute atomic E-state index is 0.140. The Morgan fingerprint density at radius 2 is 1.63 bits per heavy atom. The smallest absolute Gasteiger partial charge is 0.243 e. The highest BCUT2D eigenvalue weighted by Gasteiger charge is 2.33. The van der Waals surface area contributed by atoms with Crippen LogP contribution in [-0.4, -0.2) is 55.8 Å². The number of piperazine rings is 1. The molecule has 2 aromatic rings. The van der Waals surface area contributed by atoms with Crippen molar-refractivity contribution >= 4 is 33.2 Å². The fourth-order valence-electron chi connectivity index (χ4n) is 4.01. The summed E-state index contributed by atoms with van der Waals surface area (Å²) in [5, 5.41) is 3.43. The molecule has 3 rings (SSSR count). The van der Waals surface area contributed by atoms with Gasteiger partial charge in [0.25, 0.3) is 0 Å². The molecule has 1 heterocycles. The van der Waals surface area contributed by atoms with Gasteiger partial charge in [0.05, 0.1) is 10.9 Å². The molecule has 0 aromatic heterocycles. The predicted molar refractivity (Wildman–Crippen MR) is 121 cm³/mol. The number of rotatable bonds is 5. The van der Waals surface area contributed by atoms with Crippen molar-refractivity contribution in [1.82, 2.24) is 9.21 Å². The number of sulfonamides is 1. The monoisotopic (exact) mass is 449 g/mol. The van der Waals surface area contributed by atoms with Crippen LogP contribution in [0, 0.1) is 20.8 Å². The van der Waals surface area contributed by atoms with Crippen molar-refractivity contribution in [2.45, 2.75) is 38.6 Å². The van der Waals surface area contributed by atoms with Gasteiger partial charge in [-0.3, -0.25) is 9.69 Å². The van der Waals surface area contributed by atoms with Crippen LogP contribution in [0.5, 0.6) is 0 Å². The normalized spacial score (nSPS) is 17.0. The van der Waals surface area contributed by atoms with Crippen LogP contribution < -0.4 is 5.32 Å². The molecule has 0 bridgehead atoms. The summed E-state index contributed by atoms with van der Waals surface area (Å²) in [6, 6.07) is 10.4. The van der Waals surface area contributed by atoms with Crippen LogP contribution in [-0.2, 0) is 14.8 Å². The lowest BCUT2D eigenvalue weighted by Gasteiger charge is -2.37. The Hall–Kier alpha value is -1.93. The molecule has 2 aromatic carbocycles. The molecule has 6 nitrogen and oxygen atoms in total. The average Bonchev–Trinajstić information content (AvgIpc) is 2.66. The summed E-state index contributed by atoms with van der Waals surface area (Å²) in [6.07, 6.45) is 0. The van der Waals surface area contributed by atoms with Gasteiger partial charge < -0.3 is 5.32 Å². The second-order valence-electron chi connectivity index (χ2n) is 7.84. The fraction of sp³-hybridized carbons (Fsp3) is 0.409. The van der Waals surface area contributed by atoms with Gasteiger partial charge in [-0.05, 0) is 57.0 Å². The number of carbonyl (C=O) groups is 1. The number of benzene rings is 2. The molecule has 162 valence electrons. The van der Waals surface area contributed by atoms with E-state index in [-0.39, 0.29) is 11.9 Å². The van der Waals surface area contributed by atoms with Crippen molar-refractivity contribution in [3.8, 4) is 0 Å². The van der Waals surface area contributed by atoms with Crippen LogP contribution in [0.1, 0.15) is 23.6 Å². The summed E-state index contributed by atoms with van der Waals surface area (Å²) in [5.74, 6) is -0.140. The minimum Gasteiger partial charge on any atom is -0.325 e. The van der Waals surface area contributed by atoms with E-state index >= 15 is 0 Å². The summed E-state index contributed by atoms with van der Waals surface area (Å²) in [7, 11) is -3.57. The van der Waals surface area contributed by atoms with Gasteiger partial charge >= 0.3 is 0 Å². The second-order valence-corrected chi connectivity index (χ2v) is 10.2. The Labute approximate surface area is 183 Å². The maximum absolute atomic E-state index is 13.2. The van der Waals surface area contributed by atoms with Gasteiger partial charge in [-0.1, -0.05) is 35.4 Å².